The van der Waals surface area contributed by atoms with Gasteiger partial charge in [0.2, 0.25) is 15.9 Å². The zero-order valence-electron chi connectivity index (χ0n) is 17.3. The van der Waals surface area contributed by atoms with Crippen molar-refractivity contribution in [1.29, 1.82) is 0 Å². The van der Waals surface area contributed by atoms with Crippen molar-refractivity contribution in [2.45, 2.75) is 57.4 Å². The third-order valence-electron chi connectivity index (χ3n) is 5.57. The number of furan rings is 1. The molecule has 1 fully saturated rings. The first-order valence-electron chi connectivity index (χ1n) is 10.2. The second kappa shape index (κ2) is 9.13. The fraction of sp³-hybridized carbons (Fsp3) is 0.500. The topological polar surface area (TPSA) is 79.6 Å². The summed E-state index contributed by atoms with van der Waals surface area (Å²) in [6.07, 6.45) is 4.32. The molecule has 158 valence electrons. The van der Waals surface area contributed by atoms with Crippen LogP contribution in [0.4, 0.5) is 0 Å². The third-order valence-corrected chi connectivity index (χ3v) is 7.62. The summed E-state index contributed by atoms with van der Waals surface area (Å²) in [5, 5.41) is 3.06. The molecule has 6 nitrogen and oxygen atoms in total. The number of carbonyl (C=O) groups excluding carboxylic acids is 1. The smallest absolute Gasteiger partial charge is 0.243 e. The van der Waals surface area contributed by atoms with Gasteiger partial charge in [-0.05, 0) is 63.8 Å². The first kappa shape index (κ1) is 21.6. The van der Waals surface area contributed by atoms with E-state index < -0.39 is 10.0 Å². The number of hydrogen-bond donors (Lipinski definition) is 1. The summed E-state index contributed by atoms with van der Waals surface area (Å²) >= 11 is 0. The molecular weight excluding hydrogens is 388 g/mol. The minimum absolute atomic E-state index is 0.0144. The van der Waals surface area contributed by atoms with E-state index in [9.17, 15) is 13.2 Å². The molecule has 1 aromatic heterocycles. The molecular formula is C22H30N2O4S. The van der Waals surface area contributed by atoms with Gasteiger partial charge in [-0.2, -0.15) is 4.31 Å². The van der Waals surface area contributed by atoms with Crippen LogP contribution in [0, 0.1) is 19.8 Å². The van der Waals surface area contributed by atoms with Crippen LogP contribution in [0.25, 0.3) is 0 Å². The van der Waals surface area contributed by atoms with E-state index in [0.29, 0.717) is 30.8 Å². The van der Waals surface area contributed by atoms with Crippen molar-refractivity contribution in [2.24, 2.45) is 5.92 Å². The zero-order chi connectivity index (χ0) is 21.0. The Balaban J connectivity index is 1.52. The number of rotatable bonds is 7. The van der Waals surface area contributed by atoms with Crippen LogP contribution >= 0.6 is 0 Å². The second-order valence-corrected chi connectivity index (χ2v) is 9.88. The SMILES string of the molecule is Cc1ccc(S(=O)(=O)N2CCC(C(=O)N[C@@H](C)CCc3ccco3)CC2)c(C)c1. The highest BCUT2D eigenvalue weighted by Gasteiger charge is 2.33. The van der Waals surface area contributed by atoms with E-state index in [0.717, 1.165) is 29.7 Å². The van der Waals surface area contributed by atoms with Gasteiger partial charge in [-0.1, -0.05) is 17.7 Å². The number of nitrogens with one attached hydrogen (secondary N) is 1. The fourth-order valence-corrected chi connectivity index (χ4v) is 5.51. The molecule has 0 spiro atoms. The minimum Gasteiger partial charge on any atom is -0.469 e. The van der Waals surface area contributed by atoms with Gasteiger partial charge >= 0.3 is 0 Å². The Kier molecular flexibility index (Phi) is 6.80. The molecule has 1 N–H and O–H groups in total. The number of aryl methyl sites for hydroxylation is 3. The number of amides is 1. The number of nitrogens with zero attached hydrogens (tertiary/aromatic N) is 1. The van der Waals surface area contributed by atoms with Crippen molar-refractivity contribution < 1.29 is 17.6 Å². The summed E-state index contributed by atoms with van der Waals surface area (Å²) < 4.78 is 32.8. The van der Waals surface area contributed by atoms with E-state index in [1.165, 1.54) is 4.31 Å². The quantitative estimate of drug-likeness (QED) is 0.747. The van der Waals surface area contributed by atoms with Gasteiger partial charge in [-0.3, -0.25) is 4.79 Å². The molecule has 1 saturated heterocycles. The van der Waals surface area contributed by atoms with E-state index in [2.05, 4.69) is 5.32 Å². The Hall–Kier alpha value is -2.12. The monoisotopic (exact) mass is 418 g/mol. The van der Waals surface area contributed by atoms with Crippen LogP contribution in [0.15, 0.2) is 45.9 Å². The standard InChI is InChI=1S/C22H30N2O4S/c1-16-6-9-21(17(2)15-16)29(26,27)24-12-10-19(11-13-24)22(25)23-18(3)7-8-20-5-4-14-28-20/h4-6,9,14-15,18-19H,7-8,10-13H2,1-3H3,(H,23,25)/t18-/m0/s1. The Bertz CT molecular complexity index is 930. The van der Waals surface area contributed by atoms with E-state index in [1.54, 1.807) is 12.3 Å². The van der Waals surface area contributed by atoms with Crippen molar-refractivity contribution >= 4 is 15.9 Å². The van der Waals surface area contributed by atoms with Crippen molar-refractivity contribution in [1.82, 2.24) is 9.62 Å². The average Bonchev–Trinajstić information content (AvgIpc) is 3.20. The fourth-order valence-electron chi connectivity index (χ4n) is 3.83. The second-order valence-electron chi connectivity index (χ2n) is 7.97. The Morgan fingerprint density at radius 3 is 2.59 bits per heavy atom. The van der Waals surface area contributed by atoms with Gasteiger partial charge in [0, 0.05) is 31.5 Å². The number of piperidine rings is 1. The summed E-state index contributed by atoms with van der Waals surface area (Å²) in [4.78, 5) is 12.9. The van der Waals surface area contributed by atoms with Gasteiger partial charge in [0.25, 0.3) is 0 Å². The van der Waals surface area contributed by atoms with Crippen LogP contribution in [-0.2, 0) is 21.2 Å². The molecule has 2 heterocycles. The van der Waals surface area contributed by atoms with Gasteiger partial charge in [0.05, 0.1) is 11.2 Å². The van der Waals surface area contributed by atoms with Crippen LogP contribution in [0.3, 0.4) is 0 Å². The molecule has 0 radical (unpaired) electrons. The van der Waals surface area contributed by atoms with Gasteiger partial charge in [-0.15, -0.1) is 0 Å². The molecule has 1 aliphatic heterocycles. The number of benzene rings is 1. The summed E-state index contributed by atoms with van der Waals surface area (Å²) in [5.41, 5.74) is 1.80. The van der Waals surface area contributed by atoms with Crippen molar-refractivity contribution in [3.05, 3.63) is 53.5 Å². The lowest BCUT2D eigenvalue weighted by atomic mass is 9.96. The molecule has 0 aliphatic carbocycles. The van der Waals surface area contributed by atoms with E-state index in [4.69, 9.17) is 4.42 Å². The van der Waals surface area contributed by atoms with Gasteiger partial charge in [-0.25, -0.2) is 8.42 Å². The summed E-state index contributed by atoms with van der Waals surface area (Å²) in [6.45, 7) is 6.50. The van der Waals surface area contributed by atoms with Crippen LogP contribution in [-0.4, -0.2) is 37.8 Å². The predicted octanol–water partition coefficient (Wildman–Crippen LogP) is 3.43. The van der Waals surface area contributed by atoms with Gasteiger partial charge in [0.1, 0.15) is 5.76 Å². The zero-order valence-corrected chi connectivity index (χ0v) is 18.2. The van der Waals surface area contributed by atoms with Crippen molar-refractivity contribution in [3.63, 3.8) is 0 Å². The first-order valence-corrected chi connectivity index (χ1v) is 11.6. The van der Waals surface area contributed by atoms with Crippen LogP contribution in [0.2, 0.25) is 0 Å². The molecule has 3 rings (SSSR count). The van der Waals surface area contributed by atoms with E-state index in [-0.39, 0.29) is 17.9 Å². The molecule has 0 unspecified atom stereocenters. The van der Waals surface area contributed by atoms with Gasteiger partial charge < -0.3 is 9.73 Å². The maximum Gasteiger partial charge on any atom is 0.243 e. The van der Waals surface area contributed by atoms with Crippen molar-refractivity contribution in [3.8, 4) is 0 Å². The number of sulfonamides is 1. The Morgan fingerprint density at radius 1 is 1.24 bits per heavy atom. The minimum atomic E-state index is -3.52. The lowest BCUT2D eigenvalue weighted by molar-refractivity contribution is -0.126. The van der Waals surface area contributed by atoms with Crippen LogP contribution in [0.1, 0.15) is 43.1 Å². The van der Waals surface area contributed by atoms with Crippen molar-refractivity contribution in [2.75, 3.05) is 13.1 Å². The normalized spacial score (nSPS) is 17.2. The largest absolute Gasteiger partial charge is 0.469 e. The number of carbonyl (C=O) groups is 1. The van der Waals surface area contributed by atoms with E-state index >= 15 is 0 Å². The molecule has 7 heteroatoms. The maximum absolute atomic E-state index is 13.0. The lowest BCUT2D eigenvalue weighted by Gasteiger charge is -2.31. The van der Waals surface area contributed by atoms with Gasteiger partial charge in [0.15, 0.2) is 0 Å². The summed E-state index contributed by atoms with van der Waals surface area (Å²) in [5.74, 6) is 0.781. The highest BCUT2D eigenvalue weighted by Crippen LogP contribution is 2.26. The van der Waals surface area contributed by atoms with Crippen LogP contribution in [0.5, 0.6) is 0 Å². The number of hydrogen-bond acceptors (Lipinski definition) is 4. The summed E-state index contributed by atoms with van der Waals surface area (Å²) in [6, 6.07) is 9.23. The predicted molar refractivity (Wildman–Crippen MR) is 112 cm³/mol. The lowest BCUT2D eigenvalue weighted by Crippen LogP contribution is -2.45. The highest BCUT2D eigenvalue weighted by atomic mass is 32.2. The first-order chi connectivity index (χ1) is 13.8. The molecule has 1 aromatic carbocycles. The Morgan fingerprint density at radius 2 is 1.97 bits per heavy atom. The average molecular weight is 419 g/mol. The molecule has 0 saturated carbocycles. The summed E-state index contributed by atoms with van der Waals surface area (Å²) in [7, 11) is -3.52. The molecule has 2 aromatic rings. The molecule has 29 heavy (non-hydrogen) atoms. The maximum atomic E-state index is 13.0. The molecule has 1 atom stereocenters. The van der Waals surface area contributed by atoms with Crippen LogP contribution < -0.4 is 5.32 Å². The molecule has 1 aliphatic rings. The molecule has 1 amide bonds. The third kappa shape index (κ3) is 5.28. The Labute approximate surface area is 173 Å². The highest BCUT2D eigenvalue weighted by molar-refractivity contribution is 7.89. The van der Waals surface area contributed by atoms with E-state index in [1.807, 2.05) is 45.0 Å². The molecule has 0 bridgehead atoms.